The van der Waals surface area contributed by atoms with Crippen molar-refractivity contribution in [3.63, 3.8) is 0 Å². The van der Waals surface area contributed by atoms with E-state index in [9.17, 15) is 23.1 Å². The first-order valence-corrected chi connectivity index (χ1v) is 9.01. The van der Waals surface area contributed by atoms with Gasteiger partial charge in [-0.15, -0.1) is 0 Å². The minimum atomic E-state index is -4.54. The number of amides is 1. The number of carbonyl (C=O) groups excluding carboxylic acids is 1. The van der Waals surface area contributed by atoms with Gasteiger partial charge in [0.25, 0.3) is 0 Å². The van der Waals surface area contributed by atoms with Gasteiger partial charge in [-0.3, -0.25) is 9.69 Å². The number of hydrogen-bond acceptors (Lipinski definition) is 6. The Morgan fingerprint density at radius 2 is 1.96 bits per heavy atom. The topological polar surface area (TPSA) is 101 Å². The molecule has 7 nitrogen and oxygen atoms in total. The molecule has 1 amide bonds. The molecule has 0 saturated carbocycles. The number of aliphatic hydroxyl groups is 1. The van der Waals surface area contributed by atoms with Crippen LogP contribution in [-0.4, -0.2) is 52.5 Å². The smallest absolute Gasteiger partial charge is 0.356 e. The standard InChI is InChI=1S/C18H27F3N4O3/c1-16(2,3)28-15(27)25-8-6-17(11-22,7-9-25)14(26)24-12-4-5-13(23-10-12)18(19,20)21/h4-5,10,15,27H,6-9,11,22H2,1-3H3,(H,24,26). The lowest BCUT2D eigenvalue weighted by Crippen LogP contribution is -2.54. The SMILES string of the molecule is CC(C)(C)OC(O)N1CCC(CN)(C(=O)Nc2ccc(C(F)(F)F)nc2)CC1. The molecule has 0 bridgehead atoms. The third-order valence-corrected chi connectivity index (χ3v) is 4.71. The summed E-state index contributed by atoms with van der Waals surface area (Å²) in [4.78, 5) is 17.8. The molecule has 2 rings (SSSR count). The van der Waals surface area contributed by atoms with Crippen molar-refractivity contribution in [1.82, 2.24) is 9.88 Å². The third kappa shape index (κ3) is 5.63. The van der Waals surface area contributed by atoms with Crippen molar-refractivity contribution in [3.8, 4) is 0 Å². The van der Waals surface area contributed by atoms with E-state index in [0.29, 0.717) is 25.9 Å². The molecular formula is C18H27F3N4O3. The molecule has 0 spiro atoms. The van der Waals surface area contributed by atoms with Crippen LogP contribution < -0.4 is 11.1 Å². The second-order valence-electron chi connectivity index (χ2n) is 7.96. The summed E-state index contributed by atoms with van der Waals surface area (Å²) in [6.45, 7) is 6.36. The maximum atomic E-state index is 12.8. The molecule has 1 fully saturated rings. The van der Waals surface area contributed by atoms with E-state index in [1.165, 1.54) is 0 Å². The van der Waals surface area contributed by atoms with E-state index in [-0.39, 0.29) is 18.1 Å². The lowest BCUT2D eigenvalue weighted by molar-refractivity contribution is -0.245. The first-order chi connectivity index (χ1) is 12.9. The number of anilines is 1. The Morgan fingerprint density at radius 1 is 1.36 bits per heavy atom. The second-order valence-corrected chi connectivity index (χ2v) is 7.96. The van der Waals surface area contributed by atoms with Gasteiger partial charge < -0.3 is 20.9 Å². The molecule has 1 unspecified atom stereocenters. The van der Waals surface area contributed by atoms with E-state index in [1.807, 2.05) is 20.8 Å². The molecule has 1 aliphatic heterocycles. The van der Waals surface area contributed by atoms with Crippen LogP contribution in [0.15, 0.2) is 18.3 Å². The highest BCUT2D eigenvalue weighted by Gasteiger charge is 2.42. The molecule has 4 N–H and O–H groups in total. The molecule has 0 radical (unpaired) electrons. The highest BCUT2D eigenvalue weighted by molar-refractivity contribution is 5.95. The first-order valence-electron chi connectivity index (χ1n) is 9.01. The molecule has 0 aliphatic carbocycles. The number of nitrogens with two attached hydrogens (primary N) is 1. The van der Waals surface area contributed by atoms with Crippen molar-refractivity contribution in [1.29, 1.82) is 0 Å². The van der Waals surface area contributed by atoms with Crippen molar-refractivity contribution in [3.05, 3.63) is 24.0 Å². The summed E-state index contributed by atoms with van der Waals surface area (Å²) in [6, 6.07) is 1.97. The van der Waals surface area contributed by atoms with Crippen LogP contribution in [0.4, 0.5) is 18.9 Å². The van der Waals surface area contributed by atoms with Gasteiger partial charge in [-0.1, -0.05) is 0 Å². The number of hydrogen-bond donors (Lipinski definition) is 3. The van der Waals surface area contributed by atoms with Gasteiger partial charge in [0.15, 0.2) is 0 Å². The van der Waals surface area contributed by atoms with Crippen molar-refractivity contribution < 1.29 is 27.8 Å². The van der Waals surface area contributed by atoms with Gasteiger partial charge in [-0.25, -0.2) is 4.98 Å². The number of pyridine rings is 1. The van der Waals surface area contributed by atoms with E-state index < -0.39 is 29.3 Å². The number of nitrogens with one attached hydrogen (secondary N) is 1. The van der Waals surface area contributed by atoms with Crippen molar-refractivity contribution in [2.75, 3.05) is 25.0 Å². The Bertz CT molecular complexity index is 666. The van der Waals surface area contributed by atoms with Crippen LogP contribution in [0.25, 0.3) is 0 Å². The van der Waals surface area contributed by atoms with Crippen LogP contribution >= 0.6 is 0 Å². The molecule has 0 aromatic carbocycles. The lowest BCUT2D eigenvalue weighted by Gasteiger charge is -2.42. The number of piperidine rings is 1. The quantitative estimate of drug-likeness (QED) is 0.651. The molecular weight excluding hydrogens is 377 g/mol. The van der Waals surface area contributed by atoms with Crippen LogP contribution in [0.2, 0.25) is 0 Å². The summed E-state index contributed by atoms with van der Waals surface area (Å²) < 4.78 is 43.3. The fourth-order valence-electron chi connectivity index (χ4n) is 2.99. The molecule has 158 valence electrons. The summed E-state index contributed by atoms with van der Waals surface area (Å²) in [5.41, 5.74) is 3.61. The number of alkyl halides is 3. The average molecular weight is 404 g/mol. The van der Waals surface area contributed by atoms with Crippen LogP contribution in [0.3, 0.4) is 0 Å². The van der Waals surface area contributed by atoms with E-state index in [1.54, 1.807) is 4.90 Å². The average Bonchev–Trinajstić information content (AvgIpc) is 2.60. The fourth-order valence-corrected chi connectivity index (χ4v) is 2.99. The third-order valence-electron chi connectivity index (χ3n) is 4.71. The van der Waals surface area contributed by atoms with Gasteiger partial charge in [0.1, 0.15) is 5.69 Å². The maximum absolute atomic E-state index is 12.8. The Morgan fingerprint density at radius 3 is 2.39 bits per heavy atom. The van der Waals surface area contributed by atoms with Crippen molar-refractivity contribution >= 4 is 11.6 Å². The number of ether oxygens (including phenoxy) is 1. The van der Waals surface area contributed by atoms with Crippen LogP contribution in [0, 0.1) is 5.41 Å². The van der Waals surface area contributed by atoms with E-state index in [4.69, 9.17) is 10.5 Å². The molecule has 1 atom stereocenters. The summed E-state index contributed by atoms with van der Waals surface area (Å²) in [7, 11) is 0. The molecule has 1 aliphatic rings. The minimum absolute atomic E-state index is 0.0803. The number of aliphatic hydroxyl groups excluding tert-OH is 1. The van der Waals surface area contributed by atoms with Crippen molar-refractivity contribution in [2.24, 2.45) is 11.1 Å². The molecule has 2 heterocycles. The summed E-state index contributed by atoms with van der Waals surface area (Å²) in [5, 5.41) is 12.8. The summed E-state index contributed by atoms with van der Waals surface area (Å²) in [6.07, 6.45) is -3.88. The van der Waals surface area contributed by atoms with Crippen molar-refractivity contribution in [2.45, 2.75) is 51.8 Å². The maximum Gasteiger partial charge on any atom is 0.433 e. The summed E-state index contributed by atoms with van der Waals surface area (Å²) in [5.74, 6) is -0.373. The molecule has 10 heteroatoms. The Balaban J connectivity index is 2.00. The van der Waals surface area contributed by atoms with Gasteiger partial charge in [-0.2, -0.15) is 13.2 Å². The van der Waals surface area contributed by atoms with Crippen LogP contribution in [0.5, 0.6) is 0 Å². The molecule has 28 heavy (non-hydrogen) atoms. The Labute approximate surface area is 162 Å². The normalized spacial score (nSPS) is 19.3. The Kier molecular flexibility index (Phi) is 6.70. The number of aromatic nitrogens is 1. The largest absolute Gasteiger partial charge is 0.433 e. The predicted octanol–water partition coefficient (Wildman–Crippen LogP) is 2.17. The number of carbonyl (C=O) groups is 1. The van der Waals surface area contributed by atoms with Crippen LogP contribution in [-0.2, 0) is 15.7 Å². The second kappa shape index (κ2) is 8.32. The van der Waals surface area contributed by atoms with Gasteiger partial charge in [0.05, 0.1) is 22.9 Å². The predicted molar refractivity (Wildman–Crippen MR) is 97.0 cm³/mol. The monoisotopic (exact) mass is 404 g/mol. The van der Waals surface area contributed by atoms with Gasteiger partial charge in [-0.05, 0) is 45.7 Å². The zero-order chi connectivity index (χ0) is 21.2. The molecule has 1 aromatic heterocycles. The molecule has 1 aromatic rings. The number of halogens is 3. The highest BCUT2D eigenvalue weighted by atomic mass is 19.4. The first kappa shape index (κ1) is 22.5. The zero-order valence-electron chi connectivity index (χ0n) is 16.2. The highest BCUT2D eigenvalue weighted by Crippen LogP contribution is 2.33. The van der Waals surface area contributed by atoms with Crippen LogP contribution in [0.1, 0.15) is 39.3 Å². The van der Waals surface area contributed by atoms with E-state index in [2.05, 4.69) is 10.3 Å². The lowest BCUT2D eigenvalue weighted by atomic mass is 9.77. The zero-order valence-corrected chi connectivity index (χ0v) is 16.2. The van der Waals surface area contributed by atoms with Gasteiger partial charge in [0.2, 0.25) is 12.3 Å². The van der Waals surface area contributed by atoms with Gasteiger partial charge in [0, 0.05) is 19.6 Å². The molecule has 1 saturated heterocycles. The number of nitrogens with zero attached hydrogens (tertiary/aromatic N) is 2. The fraction of sp³-hybridized carbons (Fsp3) is 0.667. The summed E-state index contributed by atoms with van der Waals surface area (Å²) >= 11 is 0. The Hall–Kier alpha value is -1.75. The van der Waals surface area contributed by atoms with E-state index >= 15 is 0 Å². The number of rotatable bonds is 5. The van der Waals surface area contributed by atoms with E-state index in [0.717, 1.165) is 18.3 Å². The number of likely N-dealkylation sites (tertiary alicyclic amines) is 1. The van der Waals surface area contributed by atoms with Gasteiger partial charge >= 0.3 is 6.18 Å². The minimum Gasteiger partial charge on any atom is -0.356 e.